The van der Waals surface area contributed by atoms with Gasteiger partial charge in [0.05, 0.1) is 6.61 Å². The van der Waals surface area contributed by atoms with E-state index in [0.717, 1.165) is 12.1 Å². The van der Waals surface area contributed by atoms with Crippen molar-refractivity contribution >= 4 is 11.7 Å². The van der Waals surface area contributed by atoms with Crippen LogP contribution in [0, 0.1) is 0 Å². The summed E-state index contributed by atoms with van der Waals surface area (Å²) in [6.07, 6.45) is 0.863. The fraction of sp³-hybridized carbons (Fsp3) is 0.500. The molecule has 1 heterocycles. The zero-order valence-corrected chi connectivity index (χ0v) is 10.9. The summed E-state index contributed by atoms with van der Waals surface area (Å²) >= 11 is 0. The minimum Gasteiger partial charge on any atom is -0.464 e. The number of rotatable bonds is 3. The van der Waals surface area contributed by atoms with Crippen LogP contribution >= 0.6 is 0 Å². The molecule has 0 fully saturated rings. The van der Waals surface area contributed by atoms with E-state index in [1.54, 1.807) is 0 Å². The molecule has 0 aromatic heterocycles. The van der Waals surface area contributed by atoms with Crippen LogP contribution in [-0.4, -0.2) is 31.2 Å². The standard InChI is InChI=1S/C14H20N2O2/c1-3-18-14(17)10(2)16-9-12(15)8-11-6-4-5-7-13(11)16/h4-7,10,12H,3,8-9,15H2,1-2H3. The highest BCUT2D eigenvalue weighted by atomic mass is 16.5. The number of anilines is 1. The summed E-state index contributed by atoms with van der Waals surface area (Å²) in [5.74, 6) is -0.193. The lowest BCUT2D eigenvalue weighted by Gasteiger charge is -2.37. The topological polar surface area (TPSA) is 55.6 Å². The quantitative estimate of drug-likeness (QED) is 0.820. The zero-order chi connectivity index (χ0) is 13.1. The molecule has 0 radical (unpaired) electrons. The van der Waals surface area contributed by atoms with Gasteiger partial charge < -0.3 is 15.4 Å². The summed E-state index contributed by atoms with van der Waals surface area (Å²) in [5.41, 5.74) is 8.36. The number of hydrogen-bond donors (Lipinski definition) is 1. The van der Waals surface area contributed by atoms with Gasteiger partial charge in [-0.3, -0.25) is 0 Å². The van der Waals surface area contributed by atoms with Crippen molar-refractivity contribution in [1.82, 2.24) is 0 Å². The number of nitrogens with zero attached hydrogens (tertiary/aromatic N) is 1. The summed E-state index contributed by atoms with van der Waals surface area (Å²) in [7, 11) is 0. The Morgan fingerprint density at radius 1 is 1.56 bits per heavy atom. The number of hydrogen-bond acceptors (Lipinski definition) is 4. The van der Waals surface area contributed by atoms with E-state index in [-0.39, 0.29) is 18.1 Å². The molecule has 2 unspecified atom stereocenters. The van der Waals surface area contributed by atoms with Crippen LogP contribution in [0.15, 0.2) is 24.3 Å². The SMILES string of the molecule is CCOC(=O)C(C)N1CC(N)Cc2ccccc21. The third-order valence-electron chi connectivity index (χ3n) is 3.31. The van der Waals surface area contributed by atoms with E-state index < -0.39 is 0 Å². The van der Waals surface area contributed by atoms with E-state index in [2.05, 4.69) is 6.07 Å². The Balaban J connectivity index is 2.25. The molecule has 4 heteroatoms. The lowest BCUT2D eigenvalue weighted by molar-refractivity contribution is -0.144. The second kappa shape index (κ2) is 5.40. The van der Waals surface area contributed by atoms with Crippen molar-refractivity contribution in [3.8, 4) is 0 Å². The van der Waals surface area contributed by atoms with Crippen molar-refractivity contribution in [2.24, 2.45) is 5.73 Å². The summed E-state index contributed by atoms with van der Waals surface area (Å²) in [6.45, 7) is 4.79. The Labute approximate surface area is 108 Å². The van der Waals surface area contributed by atoms with E-state index in [4.69, 9.17) is 10.5 Å². The maximum absolute atomic E-state index is 11.9. The first kappa shape index (κ1) is 12.9. The number of esters is 1. The summed E-state index contributed by atoms with van der Waals surface area (Å²) in [4.78, 5) is 13.9. The summed E-state index contributed by atoms with van der Waals surface area (Å²) < 4.78 is 5.09. The number of ether oxygens (including phenoxy) is 1. The van der Waals surface area contributed by atoms with E-state index >= 15 is 0 Å². The second-order valence-electron chi connectivity index (χ2n) is 4.67. The molecule has 0 saturated carbocycles. The van der Waals surface area contributed by atoms with Gasteiger partial charge >= 0.3 is 5.97 Å². The molecular formula is C14H20N2O2. The molecule has 0 bridgehead atoms. The molecule has 0 aliphatic carbocycles. The first-order valence-corrected chi connectivity index (χ1v) is 6.40. The Morgan fingerprint density at radius 3 is 3.00 bits per heavy atom. The molecule has 1 aromatic rings. The normalized spacial score (nSPS) is 20.2. The van der Waals surface area contributed by atoms with Gasteiger partial charge in [-0.2, -0.15) is 0 Å². The first-order chi connectivity index (χ1) is 8.63. The monoisotopic (exact) mass is 248 g/mol. The van der Waals surface area contributed by atoms with Gasteiger partial charge in [0.2, 0.25) is 0 Å². The molecule has 2 N–H and O–H groups in total. The minimum absolute atomic E-state index is 0.0665. The Morgan fingerprint density at radius 2 is 2.28 bits per heavy atom. The van der Waals surface area contributed by atoms with Crippen LogP contribution in [0.4, 0.5) is 5.69 Å². The molecular weight excluding hydrogens is 228 g/mol. The Bertz CT molecular complexity index is 434. The average molecular weight is 248 g/mol. The lowest BCUT2D eigenvalue weighted by Crippen LogP contribution is -2.50. The molecule has 18 heavy (non-hydrogen) atoms. The predicted octanol–water partition coefficient (Wildman–Crippen LogP) is 1.33. The minimum atomic E-state index is -0.294. The highest BCUT2D eigenvalue weighted by molar-refractivity contribution is 5.80. The largest absolute Gasteiger partial charge is 0.464 e. The molecule has 0 spiro atoms. The van der Waals surface area contributed by atoms with Crippen LogP contribution in [0.25, 0.3) is 0 Å². The second-order valence-corrected chi connectivity index (χ2v) is 4.67. The van der Waals surface area contributed by atoms with Crippen LogP contribution < -0.4 is 10.6 Å². The molecule has 4 nitrogen and oxygen atoms in total. The molecule has 0 saturated heterocycles. The molecule has 0 amide bonds. The number of carbonyl (C=O) groups is 1. The highest BCUT2D eigenvalue weighted by Crippen LogP contribution is 2.28. The molecule has 2 atom stereocenters. The van der Waals surface area contributed by atoms with Crippen molar-refractivity contribution in [3.05, 3.63) is 29.8 Å². The van der Waals surface area contributed by atoms with Crippen LogP contribution in [-0.2, 0) is 16.0 Å². The number of fused-ring (bicyclic) bond motifs is 1. The average Bonchev–Trinajstić information content (AvgIpc) is 2.37. The van der Waals surface area contributed by atoms with Gasteiger partial charge in [0.15, 0.2) is 0 Å². The molecule has 1 aromatic carbocycles. The van der Waals surface area contributed by atoms with Gasteiger partial charge in [0.1, 0.15) is 6.04 Å². The maximum atomic E-state index is 11.9. The highest BCUT2D eigenvalue weighted by Gasteiger charge is 2.29. The number of nitrogens with two attached hydrogens (primary N) is 1. The van der Waals surface area contributed by atoms with Crippen LogP contribution in [0.2, 0.25) is 0 Å². The fourth-order valence-electron chi connectivity index (χ4n) is 2.42. The predicted molar refractivity (Wildman–Crippen MR) is 71.6 cm³/mol. The van der Waals surface area contributed by atoms with Gasteiger partial charge in [-0.1, -0.05) is 18.2 Å². The molecule has 1 aliphatic rings. The van der Waals surface area contributed by atoms with Gasteiger partial charge in [0.25, 0.3) is 0 Å². The molecule has 2 rings (SSSR count). The third kappa shape index (κ3) is 2.48. The molecule has 1 aliphatic heterocycles. The zero-order valence-electron chi connectivity index (χ0n) is 10.9. The number of benzene rings is 1. The van der Waals surface area contributed by atoms with Crippen LogP contribution in [0.5, 0.6) is 0 Å². The smallest absolute Gasteiger partial charge is 0.328 e. The molecule has 98 valence electrons. The van der Waals surface area contributed by atoms with E-state index in [0.29, 0.717) is 13.2 Å². The van der Waals surface area contributed by atoms with Crippen molar-refractivity contribution < 1.29 is 9.53 Å². The van der Waals surface area contributed by atoms with Crippen LogP contribution in [0.1, 0.15) is 19.4 Å². The summed E-state index contributed by atoms with van der Waals surface area (Å²) in [5, 5.41) is 0. The van der Waals surface area contributed by atoms with Crippen molar-refractivity contribution in [2.75, 3.05) is 18.1 Å². The lowest BCUT2D eigenvalue weighted by atomic mass is 9.97. The first-order valence-electron chi connectivity index (χ1n) is 6.40. The van der Waals surface area contributed by atoms with Crippen molar-refractivity contribution in [3.63, 3.8) is 0 Å². The van der Waals surface area contributed by atoms with Gasteiger partial charge in [-0.15, -0.1) is 0 Å². The van der Waals surface area contributed by atoms with E-state index in [9.17, 15) is 4.79 Å². The fourth-order valence-corrected chi connectivity index (χ4v) is 2.42. The van der Waals surface area contributed by atoms with Crippen molar-refractivity contribution in [2.45, 2.75) is 32.4 Å². The van der Waals surface area contributed by atoms with Gasteiger partial charge in [-0.05, 0) is 31.9 Å². The number of carbonyl (C=O) groups excluding carboxylic acids is 1. The number of para-hydroxylation sites is 1. The maximum Gasteiger partial charge on any atom is 0.328 e. The van der Waals surface area contributed by atoms with Gasteiger partial charge in [0, 0.05) is 18.3 Å². The third-order valence-corrected chi connectivity index (χ3v) is 3.31. The van der Waals surface area contributed by atoms with Gasteiger partial charge in [-0.25, -0.2) is 4.79 Å². The Kier molecular flexibility index (Phi) is 3.87. The van der Waals surface area contributed by atoms with Crippen LogP contribution in [0.3, 0.4) is 0 Å². The van der Waals surface area contributed by atoms with Crippen molar-refractivity contribution in [1.29, 1.82) is 0 Å². The summed E-state index contributed by atoms with van der Waals surface area (Å²) in [6, 6.07) is 7.87. The van der Waals surface area contributed by atoms with E-state index in [1.165, 1.54) is 5.56 Å². The Hall–Kier alpha value is -1.55. The van der Waals surface area contributed by atoms with E-state index in [1.807, 2.05) is 36.9 Å².